The molecule has 6 rings (SSSR count). The van der Waals surface area contributed by atoms with Crippen LogP contribution in [0.5, 0.6) is 0 Å². The van der Waals surface area contributed by atoms with Crippen molar-refractivity contribution in [1.29, 1.82) is 0 Å². The number of hydrogen-bond acceptors (Lipinski definition) is 2. The Morgan fingerprint density at radius 2 is 0.860 bits per heavy atom. The zero-order chi connectivity index (χ0) is 36.5. The Balaban J connectivity index is 0.00000156. The van der Waals surface area contributed by atoms with Crippen molar-refractivity contribution in [3.05, 3.63) is 142 Å². The van der Waals surface area contributed by atoms with Gasteiger partial charge in [-0.05, 0) is 81.8 Å². The van der Waals surface area contributed by atoms with Gasteiger partial charge in [0.05, 0.1) is 23.4 Å². The zero-order valence-electron chi connectivity index (χ0n) is 31.1. The van der Waals surface area contributed by atoms with Crippen LogP contribution in [0.4, 0.5) is 0 Å². The van der Waals surface area contributed by atoms with Gasteiger partial charge < -0.3 is 8.85 Å². The van der Waals surface area contributed by atoms with Gasteiger partial charge in [-0.2, -0.15) is 0 Å². The number of benzene rings is 4. The minimum absolute atomic E-state index is 0.141. The fourth-order valence-electron chi connectivity index (χ4n) is 6.03. The molecule has 260 valence electrons. The summed E-state index contributed by atoms with van der Waals surface area (Å²) in [5, 5.41) is 2.97. The van der Waals surface area contributed by atoms with Crippen molar-refractivity contribution in [3.63, 3.8) is 0 Å². The third-order valence-electron chi connectivity index (χ3n) is 10.9. The van der Waals surface area contributed by atoms with E-state index in [0.717, 1.165) is 11.5 Å². The number of rotatable bonds is 8. The molecule has 2 nitrogen and oxygen atoms in total. The van der Waals surface area contributed by atoms with Gasteiger partial charge in [0.1, 0.15) is 9.52 Å². The molecule has 2 atom stereocenters. The predicted octanol–water partition coefficient (Wildman–Crippen LogP) is 11.7. The van der Waals surface area contributed by atoms with E-state index in [2.05, 4.69) is 177 Å². The molecule has 0 N–H and O–H groups in total. The average molecular weight is 833 g/mol. The second-order valence-electron chi connectivity index (χ2n) is 16.4. The normalized spacial score (nSPS) is 17.1. The summed E-state index contributed by atoms with van der Waals surface area (Å²) >= 11 is -0.826. The Kier molecular flexibility index (Phi) is 12.2. The molecular weight excluding hydrogens is 783 g/mol. The van der Waals surface area contributed by atoms with E-state index >= 15 is 0 Å². The molecule has 0 heterocycles. The first-order chi connectivity index (χ1) is 23.5. The van der Waals surface area contributed by atoms with Crippen molar-refractivity contribution in [1.82, 2.24) is 0 Å². The molecule has 4 aromatic carbocycles. The number of allylic oxidation sites excluding steroid dienone is 2. The molecule has 0 saturated carbocycles. The van der Waals surface area contributed by atoms with E-state index < -0.39 is 37.5 Å². The number of fused-ring (bicyclic) bond motifs is 2. The Morgan fingerprint density at radius 3 is 1.18 bits per heavy atom. The van der Waals surface area contributed by atoms with Crippen LogP contribution in [-0.4, -0.2) is 26.2 Å². The molecule has 50 heavy (non-hydrogen) atoms. The quantitative estimate of drug-likeness (QED) is 0.165. The van der Waals surface area contributed by atoms with E-state index in [4.69, 9.17) is 25.9 Å². The maximum atomic E-state index is 6.96. The standard InChI is InChI=1S/C42H50O2Si3.2ClH.Zr/c1-41(2,3)46(7,8)43-37-27-31-15-11-13-17-35(31)39(37)29-19-23-33(24-20-29)45-34-25-21-30(22-26-34)40-36-18-14-12-16-32(36)28-38(40)44-47(9,10)42(4,5)6;;;/h11-28,39-40H,1-10H3;2*1H;/q;;;+2/p-2. The van der Waals surface area contributed by atoms with Gasteiger partial charge in [-0.1, -0.05) is 149 Å². The first kappa shape index (κ1) is 39.3. The van der Waals surface area contributed by atoms with Gasteiger partial charge >= 0.3 is 37.9 Å². The molecular formula is C42H50Cl2O2Si3Zr. The summed E-state index contributed by atoms with van der Waals surface area (Å²) in [7, 11) is 6.50. The molecule has 2 unspecified atom stereocenters. The van der Waals surface area contributed by atoms with Crippen LogP contribution < -0.4 is 10.4 Å². The summed E-state index contributed by atoms with van der Waals surface area (Å²) in [6.45, 7) is 23.2. The Morgan fingerprint density at radius 1 is 0.540 bits per heavy atom. The van der Waals surface area contributed by atoms with Crippen LogP contribution >= 0.6 is 17.0 Å². The monoisotopic (exact) mass is 830 g/mol. The SMILES string of the molecule is CC(C)(C)[Si](C)(C)OC1=Cc2ccccc2C1c1ccc([Si]c2ccc(C3C(O[Si](C)(C)C(C)(C)C)=Cc4ccccc43)cc2)cc1.[Cl][Zr][Cl]. The van der Waals surface area contributed by atoms with Crippen LogP contribution in [0.15, 0.2) is 109 Å². The van der Waals surface area contributed by atoms with Gasteiger partial charge in [-0.25, -0.2) is 0 Å². The van der Waals surface area contributed by atoms with E-state index in [1.807, 2.05) is 0 Å². The molecule has 2 radical (unpaired) electrons. The number of hydrogen-bond donors (Lipinski definition) is 0. The van der Waals surface area contributed by atoms with Gasteiger partial charge in [0, 0.05) is 0 Å². The van der Waals surface area contributed by atoms with Gasteiger partial charge in [0.15, 0.2) is 0 Å². The van der Waals surface area contributed by atoms with Crippen LogP contribution in [0, 0.1) is 0 Å². The van der Waals surface area contributed by atoms with Crippen molar-refractivity contribution in [2.75, 3.05) is 0 Å². The first-order valence-corrected chi connectivity index (χ1v) is 30.5. The van der Waals surface area contributed by atoms with Crippen LogP contribution in [-0.2, 0) is 29.7 Å². The molecule has 0 aromatic heterocycles. The van der Waals surface area contributed by atoms with E-state index in [0.29, 0.717) is 9.52 Å². The molecule has 4 aromatic rings. The molecule has 0 fully saturated rings. The van der Waals surface area contributed by atoms with Crippen molar-refractivity contribution in [2.24, 2.45) is 0 Å². The third-order valence-corrected chi connectivity index (χ3v) is 20.9. The maximum absolute atomic E-state index is 6.96. The summed E-state index contributed by atoms with van der Waals surface area (Å²) in [6, 6.07) is 36.0. The van der Waals surface area contributed by atoms with Gasteiger partial charge in [0.2, 0.25) is 16.6 Å². The molecule has 2 aliphatic rings. The number of halogens is 2. The fourth-order valence-corrected chi connectivity index (χ4v) is 9.18. The molecule has 0 aliphatic heterocycles. The topological polar surface area (TPSA) is 18.5 Å². The predicted molar refractivity (Wildman–Crippen MR) is 219 cm³/mol. The summed E-state index contributed by atoms with van der Waals surface area (Å²) < 4.78 is 13.9. The molecule has 0 saturated heterocycles. The molecule has 8 heteroatoms. The fraction of sp³-hybridized carbons (Fsp3) is 0.333. The summed E-state index contributed by atoms with van der Waals surface area (Å²) in [4.78, 5) is 0. The second-order valence-corrected chi connectivity index (χ2v) is 31.0. The third kappa shape index (κ3) is 8.64. The first-order valence-electron chi connectivity index (χ1n) is 17.4. The van der Waals surface area contributed by atoms with E-state index in [9.17, 15) is 0 Å². The van der Waals surface area contributed by atoms with Crippen LogP contribution in [0.2, 0.25) is 36.3 Å². The molecule has 0 bridgehead atoms. The summed E-state index contributed by atoms with van der Waals surface area (Å²) in [6.07, 6.45) is 4.55. The van der Waals surface area contributed by atoms with Gasteiger partial charge in [-0.3, -0.25) is 0 Å². The summed E-state index contributed by atoms with van der Waals surface area (Å²) in [5.41, 5.74) is 7.82. The van der Waals surface area contributed by atoms with Crippen molar-refractivity contribution in [2.45, 2.75) is 89.6 Å². The van der Waals surface area contributed by atoms with E-state index in [1.54, 1.807) is 0 Å². The minimum atomic E-state index is -1.98. The Bertz CT molecular complexity index is 1720. The molecule has 0 amide bonds. The van der Waals surface area contributed by atoms with Crippen LogP contribution in [0.3, 0.4) is 0 Å². The van der Waals surface area contributed by atoms with Gasteiger partial charge in [0.25, 0.3) is 0 Å². The summed E-state index contributed by atoms with van der Waals surface area (Å²) in [5.74, 6) is 2.48. The van der Waals surface area contributed by atoms with Crippen molar-refractivity contribution in [3.8, 4) is 0 Å². The average Bonchev–Trinajstić information content (AvgIpc) is 3.58. The van der Waals surface area contributed by atoms with Gasteiger partial charge in [-0.15, -0.1) is 0 Å². The van der Waals surface area contributed by atoms with Crippen molar-refractivity contribution >= 4 is 65.7 Å². The van der Waals surface area contributed by atoms with E-state index in [-0.39, 0.29) is 21.9 Å². The zero-order valence-corrected chi connectivity index (χ0v) is 38.1. The van der Waals surface area contributed by atoms with Crippen LogP contribution in [0.1, 0.15) is 86.8 Å². The molecule has 0 spiro atoms. The molecule has 2 aliphatic carbocycles. The van der Waals surface area contributed by atoms with Crippen molar-refractivity contribution < 1.29 is 29.7 Å². The van der Waals surface area contributed by atoms with E-state index in [1.165, 1.54) is 43.8 Å². The Labute approximate surface area is 324 Å². The Hall–Kier alpha value is -1.93. The van der Waals surface area contributed by atoms with Crippen LogP contribution in [0.25, 0.3) is 12.2 Å². The second kappa shape index (κ2) is 15.6.